The SMILES string of the molecule is CCN(CC1CCC1)C1CCCC(NC2CC2)(C(=O)O)C1. The number of hydrogen-bond acceptors (Lipinski definition) is 3. The van der Waals surface area contributed by atoms with Gasteiger partial charge in [-0.3, -0.25) is 10.1 Å². The van der Waals surface area contributed by atoms with Gasteiger partial charge < -0.3 is 10.0 Å². The van der Waals surface area contributed by atoms with Crippen LogP contribution in [-0.4, -0.2) is 46.7 Å². The van der Waals surface area contributed by atoms with Gasteiger partial charge in [-0.05, 0) is 63.8 Å². The number of nitrogens with zero attached hydrogens (tertiary/aromatic N) is 1. The smallest absolute Gasteiger partial charge is 0.323 e. The molecule has 120 valence electrons. The highest BCUT2D eigenvalue weighted by Crippen LogP contribution is 2.36. The molecule has 0 saturated heterocycles. The second-order valence-corrected chi connectivity index (χ2v) is 7.44. The Kier molecular flexibility index (Phi) is 4.55. The Balaban J connectivity index is 1.65. The van der Waals surface area contributed by atoms with E-state index < -0.39 is 11.5 Å². The molecule has 0 heterocycles. The maximum absolute atomic E-state index is 11.9. The molecule has 4 nitrogen and oxygen atoms in total. The minimum atomic E-state index is -0.656. The van der Waals surface area contributed by atoms with Gasteiger partial charge in [0.15, 0.2) is 0 Å². The lowest BCUT2D eigenvalue weighted by Gasteiger charge is -2.44. The summed E-state index contributed by atoms with van der Waals surface area (Å²) in [5.74, 6) is 0.237. The van der Waals surface area contributed by atoms with E-state index in [1.165, 1.54) is 32.2 Å². The van der Waals surface area contributed by atoms with Crippen molar-refractivity contribution in [2.24, 2.45) is 5.92 Å². The average Bonchev–Trinajstić information content (AvgIpc) is 3.21. The molecule has 0 aliphatic heterocycles. The fourth-order valence-electron chi connectivity index (χ4n) is 4.11. The fraction of sp³-hybridized carbons (Fsp3) is 0.941. The number of hydrogen-bond donors (Lipinski definition) is 2. The second-order valence-electron chi connectivity index (χ2n) is 7.44. The van der Waals surface area contributed by atoms with E-state index in [0.29, 0.717) is 12.1 Å². The molecule has 3 aliphatic carbocycles. The van der Waals surface area contributed by atoms with Crippen LogP contribution in [-0.2, 0) is 4.79 Å². The molecule has 4 heteroatoms. The third-order valence-corrected chi connectivity index (χ3v) is 5.83. The quantitative estimate of drug-likeness (QED) is 0.758. The van der Waals surface area contributed by atoms with E-state index >= 15 is 0 Å². The zero-order valence-electron chi connectivity index (χ0n) is 13.3. The van der Waals surface area contributed by atoms with E-state index in [1.54, 1.807) is 0 Å². The van der Waals surface area contributed by atoms with Gasteiger partial charge in [0.25, 0.3) is 0 Å². The molecule has 0 aromatic heterocycles. The molecule has 0 aromatic rings. The van der Waals surface area contributed by atoms with Gasteiger partial charge in [-0.2, -0.15) is 0 Å². The minimum Gasteiger partial charge on any atom is -0.480 e. The number of carboxylic acids is 1. The van der Waals surface area contributed by atoms with Crippen LogP contribution in [0.4, 0.5) is 0 Å². The lowest BCUT2D eigenvalue weighted by molar-refractivity contribution is -0.147. The monoisotopic (exact) mass is 294 g/mol. The summed E-state index contributed by atoms with van der Waals surface area (Å²) < 4.78 is 0. The molecule has 0 amide bonds. The van der Waals surface area contributed by atoms with Crippen molar-refractivity contribution in [3.8, 4) is 0 Å². The molecule has 3 aliphatic rings. The number of nitrogens with one attached hydrogen (secondary N) is 1. The largest absolute Gasteiger partial charge is 0.480 e. The highest BCUT2D eigenvalue weighted by atomic mass is 16.4. The normalized spacial score (nSPS) is 33.9. The highest BCUT2D eigenvalue weighted by Gasteiger charge is 2.47. The van der Waals surface area contributed by atoms with Crippen molar-refractivity contribution < 1.29 is 9.90 Å². The van der Waals surface area contributed by atoms with Crippen molar-refractivity contribution in [2.75, 3.05) is 13.1 Å². The van der Waals surface area contributed by atoms with Gasteiger partial charge in [0, 0.05) is 18.6 Å². The molecule has 2 unspecified atom stereocenters. The predicted octanol–water partition coefficient (Wildman–Crippen LogP) is 2.63. The fourth-order valence-corrected chi connectivity index (χ4v) is 4.11. The van der Waals surface area contributed by atoms with Gasteiger partial charge >= 0.3 is 5.97 Å². The summed E-state index contributed by atoms with van der Waals surface area (Å²) in [5, 5.41) is 13.3. The van der Waals surface area contributed by atoms with E-state index in [2.05, 4.69) is 17.1 Å². The standard InChI is InChI=1S/C17H30N2O2/c1-2-19(12-13-5-3-6-13)15-7-4-10-17(11-15,16(20)21)18-14-8-9-14/h13-15,18H,2-12H2,1H3,(H,20,21). The molecule has 2 atom stereocenters. The van der Waals surface area contributed by atoms with Crippen LogP contribution >= 0.6 is 0 Å². The summed E-state index contributed by atoms with van der Waals surface area (Å²) in [6.45, 7) is 4.46. The third-order valence-electron chi connectivity index (χ3n) is 5.83. The first-order valence-electron chi connectivity index (χ1n) is 8.88. The van der Waals surface area contributed by atoms with Crippen LogP contribution in [0.1, 0.15) is 64.7 Å². The third kappa shape index (κ3) is 3.42. The van der Waals surface area contributed by atoms with Crippen molar-refractivity contribution >= 4 is 5.97 Å². The van der Waals surface area contributed by atoms with E-state index in [-0.39, 0.29) is 0 Å². The summed E-state index contributed by atoms with van der Waals surface area (Å²) in [4.78, 5) is 14.5. The lowest BCUT2D eigenvalue weighted by Crippen LogP contribution is -2.59. The Labute approximate surface area is 128 Å². The molecule has 3 rings (SSSR count). The summed E-state index contributed by atoms with van der Waals surface area (Å²) in [6, 6.07) is 0.910. The molecular weight excluding hydrogens is 264 g/mol. The van der Waals surface area contributed by atoms with E-state index in [9.17, 15) is 9.90 Å². The second kappa shape index (κ2) is 6.25. The molecule has 3 saturated carbocycles. The van der Waals surface area contributed by atoms with Gasteiger partial charge in [-0.1, -0.05) is 13.3 Å². The molecule has 0 bridgehead atoms. The first-order chi connectivity index (χ1) is 10.1. The summed E-state index contributed by atoms with van der Waals surface area (Å²) in [5.41, 5.74) is -0.656. The first kappa shape index (κ1) is 15.3. The van der Waals surface area contributed by atoms with Crippen molar-refractivity contribution in [1.29, 1.82) is 0 Å². The van der Waals surface area contributed by atoms with Crippen LogP contribution in [0.15, 0.2) is 0 Å². The number of carboxylic acid groups (broad SMARTS) is 1. The maximum atomic E-state index is 11.9. The summed E-state index contributed by atoms with van der Waals surface area (Å²) in [7, 11) is 0. The van der Waals surface area contributed by atoms with E-state index in [1.807, 2.05) is 0 Å². The van der Waals surface area contributed by atoms with Crippen LogP contribution in [0.5, 0.6) is 0 Å². The molecule has 0 aromatic carbocycles. The zero-order chi connectivity index (χ0) is 14.9. The van der Waals surface area contributed by atoms with Crippen LogP contribution < -0.4 is 5.32 Å². The topological polar surface area (TPSA) is 52.6 Å². The number of aliphatic carboxylic acids is 1. The highest BCUT2D eigenvalue weighted by molar-refractivity contribution is 5.79. The Bertz CT molecular complexity index is 379. The zero-order valence-corrected chi connectivity index (χ0v) is 13.3. The van der Waals surface area contributed by atoms with Crippen LogP contribution in [0.3, 0.4) is 0 Å². The van der Waals surface area contributed by atoms with Crippen LogP contribution in [0.2, 0.25) is 0 Å². The van der Waals surface area contributed by atoms with Gasteiger partial charge in [0.2, 0.25) is 0 Å². The van der Waals surface area contributed by atoms with Crippen molar-refractivity contribution in [2.45, 2.75) is 82.3 Å². The van der Waals surface area contributed by atoms with Gasteiger partial charge in [0.1, 0.15) is 5.54 Å². The lowest BCUT2D eigenvalue weighted by atomic mass is 9.77. The van der Waals surface area contributed by atoms with Crippen molar-refractivity contribution in [3.63, 3.8) is 0 Å². The van der Waals surface area contributed by atoms with Gasteiger partial charge in [-0.15, -0.1) is 0 Å². The molecule has 0 spiro atoms. The van der Waals surface area contributed by atoms with E-state index in [0.717, 1.165) is 44.6 Å². The van der Waals surface area contributed by atoms with Crippen LogP contribution in [0.25, 0.3) is 0 Å². The number of carbonyl (C=O) groups is 1. The van der Waals surface area contributed by atoms with Gasteiger partial charge in [-0.25, -0.2) is 0 Å². The Morgan fingerprint density at radius 2 is 2.00 bits per heavy atom. The first-order valence-corrected chi connectivity index (χ1v) is 8.88. The van der Waals surface area contributed by atoms with Gasteiger partial charge in [0.05, 0.1) is 0 Å². The van der Waals surface area contributed by atoms with Crippen molar-refractivity contribution in [1.82, 2.24) is 10.2 Å². The Morgan fingerprint density at radius 3 is 2.52 bits per heavy atom. The molecule has 21 heavy (non-hydrogen) atoms. The Morgan fingerprint density at radius 1 is 1.24 bits per heavy atom. The maximum Gasteiger partial charge on any atom is 0.323 e. The molecule has 3 fully saturated rings. The average molecular weight is 294 g/mol. The summed E-state index contributed by atoms with van der Waals surface area (Å²) >= 11 is 0. The molecular formula is C17H30N2O2. The molecule has 2 N–H and O–H groups in total. The molecule has 0 radical (unpaired) electrons. The van der Waals surface area contributed by atoms with Crippen LogP contribution in [0, 0.1) is 5.92 Å². The number of rotatable bonds is 7. The van der Waals surface area contributed by atoms with Crippen molar-refractivity contribution in [3.05, 3.63) is 0 Å². The Hall–Kier alpha value is -0.610. The van der Waals surface area contributed by atoms with E-state index in [4.69, 9.17) is 0 Å². The minimum absolute atomic E-state index is 0.451. The summed E-state index contributed by atoms with van der Waals surface area (Å²) in [6.07, 6.45) is 10.2. The predicted molar refractivity (Wildman–Crippen MR) is 83.4 cm³/mol.